The van der Waals surface area contributed by atoms with Gasteiger partial charge in [0.2, 0.25) is 0 Å². The number of benzene rings is 3. The van der Waals surface area contributed by atoms with Gasteiger partial charge in [-0.15, -0.1) is 0 Å². The Morgan fingerprint density at radius 2 is 0.648 bits per heavy atom. The molecule has 0 heterocycles. The maximum atomic E-state index is 12.4. The first kappa shape index (κ1) is 107. The molecule has 588 valence electrons. The summed E-state index contributed by atoms with van der Waals surface area (Å²) in [6.45, 7) is 14.8. The van der Waals surface area contributed by atoms with Crippen molar-refractivity contribution in [2.45, 2.75) is 298 Å². The molecule has 3 rings (SSSR count). The smallest absolute Gasteiger partial charge is 0.748 e. The number of carbonyl (C=O) groups excluding carboxylic acids is 3. The molecule has 3 unspecified atom stereocenters. The van der Waals surface area contributed by atoms with E-state index in [-0.39, 0.29) is 128 Å². The Balaban J connectivity index is -0.00000147. The summed E-state index contributed by atoms with van der Waals surface area (Å²) in [5.74, 6) is 1.19. The van der Waals surface area contributed by atoms with Crippen molar-refractivity contribution < 1.29 is 175 Å². The second kappa shape index (κ2) is 65.0. The average molecular weight is 1570 g/mol. The molecular formula is C77H130N3Na3O19S3. The predicted molar refractivity (Wildman–Crippen MR) is 403 cm³/mol. The van der Waals surface area contributed by atoms with Crippen molar-refractivity contribution in [3.63, 3.8) is 0 Å². The minimum atomic E-state index is -4.30. The number of alkyl carbamates (subject to hydrolysis) is 3. The molecule has 0 bridgehead atoms. The monoisotopic (exact) mass is 1570 g/mol. The van der Waals surface area contributed by atoms with Crippen molar-refractivity contribution in [3.05, 3.63) is 81.4 Å². The fraction of sp³-hybridized carbons (Fsp3) is 0.727. The van der Waals surface area contributed by atoms with E-state index in [1.165, 1.54) is 148 Å². The van der Waals surface area contributed by atoms with E-state index < -0.39 is 84.2 Å². The number of aryl methyl sites for hydroxylation is 2. The fourth-order valence-electron chi connectivity index (χ4n) is 12.0. The van der Waals surface area contributed by atoms with Gasteiger partial charge in [-0.1, -0.05) is 206 Å². The summed E-state index contributed by atoms with van der Waals surface area (Å²) in [7, 11) is -6.49. The maximum Gasteiger partial charge on any atom is 1.00 e. The zero-order valence-corrected chi connectivity index (χ0v) is 75.4. The number of carbonyl (C=O) groups is 3. The molecule has 0 aromatic heterocycles. The topological polar surface area (TPSA) is 324 Å². The third-order valence-electron chi connectivity index (χ3n) is 18.0. The Kier molecular flexibility index (Phi) is 66.0. The number of hydrogen-bond donors (Lipinski definition) is 3. The summed E-state index contributed by atoms with van der Waals surface area (Å²) in [4.78, 5) is 37.0. The fourth-order valence-corrected chi connectivity index (χ4v) is 13.4. The minimum absolute atomic E-state index is 0. The van der Waals surface area contributed by atoms with Gasteiger partial charge < -0.3 is 62.8 Å². The molecule has 3 aromatic carbocycles. The average Bonchev–Trinajstić information content (AvgIpc) is 0.826. The largest absolute Gasteiger partial charge is 1.00 e. The van der Waals surface area contributed by atoms with E-state index in [0.717, 1.165) is 95.4 Å². The van der Waals surface area contributed by atoms with E-state index in [1.54, 1.807) is 40.6 Å². The molecule has 28 heteroatoms. The van der Waals surface area contributed by atoms with Crippen LogP contribution in [0.4, 0.5) is 14.4 Å². The van der Waals surface area contributed by atoms with E-state index in [2.05, 4.69) is 36.7 Å². The summed E-state index contributed by atoms with van der Waals surface area (Å²) in [6, 6.07) is 13.2. The van der Waals surface area contributed by atoms with Gasteiger partial charge in [0.15, 0.2) is 11.5 Å². The number of rotatable bonds is 55. The molecule has 3 aromatic rings. The van der Waals surface area contributed by atoms with Gasteiger partial charge in [-0.25, -0.2) is 39.6 Å². The van der Waals surface area contributed by atoms with Gasteiger partial charge in [0, 0.05) is 36.9 Å². The van der Waals surface area contributed by atoms with Crippen molar-refractivity contribution in [1.82, 2.24) is 16.0 Å². The number of nitrogens with one attached hydrogen (secondary N) is 3. The summed E-state index contributed by atoms with van der Waals surface area (Å²) in [5.41, 5.74) is 6.70. The Hall–Kier alpha value is -2.60. The van der Waals surface area contributed by atoms with Crippen LogP contribution in [0.15, 0.2) is 42.5 Å². The normalized spacial score (nSPS) is 12.0. The molecule has 0 radical (unpaired) electrons. The number of methoxy groups -OCH3 is 4. The standard InChI is InChI=1S/2C26H45NO6S.C25H43NO7S.3Na/c1-5-6-7-8-9-10-11-12-13-14-16-25(23-17-18-24(32-4)22(3)21(23)2)33-26(28)27-19-15-20-34(29,30)31;1-5-6-7-8-9-10-11-12-13-14-16-24(23-19-22(3)25(32-4)20-21(23)2)33-26(28)27-17-15-18-34(29,30)31;1-4-5-6-7-8-9-10-11-12-13-15-22(21-16-17-23(31-2)24(20-21)32-3)33-25(27)26-18-14-19-34(28,29)30;;;/h17-18,25H,5-16,19-20H2,1-4H3,(H,27,28)(H,29,30,31);19-20,24H,5-18H2,1-4H3,(H,27,28)(H,29,30,31);16-17,20,22H,4-15,18-19H2,1-3H3,(H,26,27)(H,28,29,30);;;/q;;;3*+1/p-3. The van der Waals surface area contributed by atoms with E-state index in [1.807, 2.05) is 58.0 Å². The van der Waals surface area contributed by atoms with Crippen molar-refractivity contribution >= 4 is 48.6 Å². The number of ether oxygens (including phenoxy) is 7. The van der Waals surface area contributed by atoms with Crippen molar-refractivity contribution in [3.8, 4) is 23.0 Å². The second-order valence-corrected chi connectivity index (χ2v) is 31.2. The molecule has 105 heavy (non-hydrogen) atoms. The third kappa shape index (κ3) is 54.6. The van der Waals surface area contributed by atoms with Crippen LogP contribution in [0.3, 0.4) is 0 Å². The number of amides is 3. The van der Waals surface area contributed by atoms with E-state index in [9.17, 15) is 53.3 Å². The van der Waals surface area contributed by atoms with Crippen LogP contribution in [-0.4, -0.2) is 123 Å². The Morgan fingerprint density at radius 3 is 0.981 bits per heavy atom. The predicted octanol–water partition coefficient (Wildman–Crippen LogP) is 9.38. The first-order valence-corrected chi connectivity index (χ1v) is 42.6. The van der Waals surface area contributed by atoms with Crippen LogP contribution in [0.5, 0.6) is 23.0 Å². The summed E-state index contributed by atoms with van der Waals surface area (Å²) in [6.07, 6.45) is 35.9. The van der Waals surface area contributed by atoms with Gasteiger partial charge >= 0.3 is 107 Å². The van der Waals surface area contributed by atoms with Crippen molar-refractivity contribution in [2.75, 3.05) is 65.3 Å². The van der Waals surface area contributed by atoms with Crippen molar-refractivity contribution in [2.24, 2.45) is 0 Å². The Morgan fingerprint density at radius 1 is 0.343 bits per heavy atom. The molecule has 0 aliphatic rings. The van der Waals surface area contributed by atoms with Crippen LogP contribution < -0.4 is 124 Å². The van der Waals surface area contributed by atoms with Crippen LogP contribution in [0.25, 0.3) is 0 Å². The van der Waals surface area contributed by atoms with E-state index in [4.69, 9.17) is 33.2 Å². The second-order valence-electron chi connectivity index (χ2n) is 26.6. The van der Waals surface area contributed by atoms with E-state index >= 15 is 0 Å². The molecule has 0 saturated carbocycles. The molecule has 0 aliphatic carbocycles. The summed E-state index contributed by atoms with van der Waals surface area (Å²) < 4.78 is 135. The van der Waals surface area contributed by atoms with Crippen LogP contribution in [0.2, 0.25) is 0 Å². The molecule has 0 fully saturated rings. The van der Waals surface area contributed by atoms with Gasteiger partial charge in [0.1, 0.15) is 29.8 Å². The number of hydrogen-bond acceptors (Lipinski definition) is 19. The maximum absolute atomic E-state index is 12.4. The summed E-state index contributed by atoms with van der Waals surface area (Å²) in [5, 5.41) is 7.65. The van der Waals surface area contributed by atoms with Gasteiger partial charge in [0.25, 0.3) is 0 Å². The van der Waals surface area contributed by atoms with Gasteiger partial charge in [-0.3, -0.25) is 0 Å². The van der Waals surface area contributed by atoms with Crippen LogP contribution in [-0.2, 0) is 44.6 Å². The molecule has 3 atom stereocenters. The van der Waals surface area contributed by atoms with Crippen molar-refractivity contribution in [1.29, 1.82) is 0 Å². The van der Waals surface area contributed by atoms with Gasteiger partial charge in [0.05, 0.1) is 58.8 Å². The summed E-state index contributed by atoms with van der Waals surface area (Å²) >= 11 is 0. The number of unbranched alkanes of at least 4 members (excludes halogenated alkanes) is 27. The van der Waals surface area contributed by atoms with Crippen LogP contribution in [0.1, 0.15) is 309 Å². The van der Waals surface area contributed by atoms with Crippen LogP contribution in [0, 0.1) is 27.7 Å². The quantitative estimate of drug-likeness (QED) is 0.0205. The molecule has 0 saturated heterocycles. The zero-order chi connectivity index (χ0) is 76.0. The zero-order valence-electron chi connectivity index (χ0n) is 67.0. The van der Waals surface area contributed by atoms with Crippen LogP contribution >= 0.6 is 0 Å². The SMILES string of the molecule is CCCCCCCCCCCCC(OC(=O)NCCCS(=O)(=O)[O-])c1cc(C)c(OC)cc1C.CCCCCCCCCCCCC(OC(=O)NCCCS(=O)(=O)[O-])c1ccc(OC)c(C)c1C.CCCCCCCCCCCCC(OC(=O)NCCCS(=O)(=O)[O-])c1ccc(OC)c(OC)c1.[Na+].[Na+].[Na+]. The molecule has 3 amide bonds. The van der Waals surface area contributed by atoms with Gasteiger partial charge in [-0.05, 0) is 155 Å². The van der Waals surface area contributed by atoms with Gasteiger partial charge in [-0.2, -0.15) is 0 Å². The Labute approximate surface area is 700 Å². The minimum Gasteiger partial charge on any atom is -0.748 e. The third-order valence-corrected chi connectivity index (χ3v) is 20.4. The first-order chi connectivity index (χ1) is 48.7. The molecular weight excluding hydrogens is 1440 g/mol. The molecule has 0 spiro atoms. The Bertz CT molecular complexity index is 3030. The molecule has 0 aliphatic heterocycles. The molecule has 22 nitrogen and oxygen atoms in total. The van der Waals surface area contributed by atoms with E-state index in [0.29, 0.717) is 30.8 Å². The molecule has 3 N–H and O–H groups in total. The first-order valence-electron chi connectivity index (χ1n) is 37.8.